The fourth-order valence-corrected chi connectivity index (χ4v) is 3.16. The molecule has 0 bridgehead atoms. The summed E-state index contributed by atoms with van der Waals surface area (Å²) in [5.74, 6) is -0.122. The molecule has 3 rings (SSSR count). The maximum absolute atomic E-state index is 12.6. The van der Waals surface area contributed by atoms with E-state index in [1.165, 1.54) is 0 Å². The highest BCUT2D eigenvalue weighted by molar-refractivity contribution is 9.10. The predicted molar refractivity (Wildman–Crippen MR) is 95.4 cm³/mol. The molecule has 1 saturated heterocycles. The Hall–Kier alpha value is -1.66. The molecule has 1 amide bonds. The minimum absolute atomic E-state index is 0.0396. The van der Waals surface area contributed by atoms with Crippen molar-refractivity contribution < 1.29 is 9.53 Å². The first-order valence-corrected chi connectivity index (χ1v) is 9.01. The monoisotopic (exact) mass is 391 g/mol. The van der Waals surface area contributed by atoms with Crippen LogP contribution in [0.3, 0.4) is 0 Å². The number of rotatable bonds is 5. The average Bonchev–Trinajstić information content (AvgIpc) is 3.22. The molecule has 6 heteroatoms. The Morgan fingerprint density at radius 1 is 1.42 bits per heavy atom. The summed E-state index contributed by atoms with van der Waals surface area (Å²) in [5, 5.41) is 7.38. The Balaban J connectivity index is 1.63. The summed E-state index contributed by atoms with van der Waals surface area (Å²) in [6.07, 6.45) is 4.33. The molecule has 1 N–H and O–H groups in total. The highest BCUT2D eigenvalue weighted by atomic mass is 79.9. The molecular weight excluding hydrogens is 370 g/mol. The topological polar surface area (TPSA) is 56.1 Å². The van der Waals surface area contributed by atoms with Crippen LogP contribution >= 0.6 is 15.9 Å². The Bertz CT molecular complexity index is 697. The van der Waals surface area contributed by atoms with Gasteiger partial charge in [-0.3, -0.25) is 9.48 Å². The molecule has 0 unspecified atom stereocenters. The number of amides is 1. The number of ether oxygens (including phenoxy) is 1. The highest BCUT2D eigenvalue weighted by Gasteiger charge is 2.35. The normalized spacial score (nSPS) is 20.5. The molecule has 2 aromatic rings. The zero-order valence-corrected chi connectivity index (χ0v) is 15.5. The van der Waals surface area contributed by atoms with Crippen molar-refractivity contribution in [2.45, 2.75) is 39.0 Å². The fraction of sp³-hybridized carbons (Fsp3) is 0.444. The molecule has 1 aliphatic heterocycles. The minimum atomic E-state index is -0.206. The summed E-state index contributed by atoms with van der Waals surface area (Å²) in [6, 6.07) is 8.25. The molecule has 1 aromatic carbocycles. The van der Waals surface area contributed by atoms with Crippen LogP contribution in [0.5, 0.6) is 0 Å². The van der Waals surface area contributed by atoms with Crippen LogP contribution in [0.2, 0.25) is 0 Å². The van der Waals surface area contributed by atoms with E-state index in [2.05, 4.69) is 40.2 Å². The maximum Gasteiger partial charge on any atom is 0.226 e. The van der Waals surface area contributed by atoms with Gasteiger partial charge in [-0.1, -0.05) is 28.1 Å². The van der Waals surface area contributed by atoms with Crippen LogP contribution in [0, 0.1) is 5.92 Å². The van der Waals surface area contributed by atoms with Crippen molar-refractivity contribution in [1.82, 2.24) is 15.1 Å². The van der Waals surface area contributed by atoms with Crippen LogP contribution in [0.1, 0.15) is 43.5 Å². The predicted octanol–water partition coefficient (Wildman–Crippen LogP) is 3.62. The summed E-state index contributed by atoms with van der Waals surface area (Å²) in [7, 11) is 0. The second kappa shape index (κ2) is 7.49. The molecule has 2 atom stereocenters. The van der Waals surface area contributed by atoms with Crippen LogP contribution in [-0.4, -0.2) is 22.3 Å². The van der Waals surface area contributed by atoms with Crippen LogP contribution in [0.4, 0.5) is 0 Å². The number of halogens is 1. The molecule has 128 valence electrons. The van der Waals surface area contributed by atoms with E-state index in [-0.39, 0.29) is 17.9 Å². The lowest BCUT2D eigenvalue weighted by molar-refractivity contribution is -0.126. The van der Waals surface area contributed by atoms with E-state index >= 15 is 0 Å². The summed E-state index contributed by atoms with van der Waals surface area (Å²) >= 11 is 3.41. The number of aromatic nitrogens is 2. The van der Waals surface area contributed by atoms with Crippen LogP contribution in [0.15, 0.2) is 41.1 Å². The molecule has 1 aliphatic rings. The van der Waals surface area contributed by atoms with Crippen LogP contribution < -0.4 is 5.32 Å². The number of hydrogen-bond acceptors (Lipinski definition) is 3. The fourth-order valence-electron chi connectivity index (χ4n) is 2.89. The van der Waals surface area contributed by atoms with Gasteiger partial charge in [-0.15, -0.1) is 0 Å². The Morgan fingerprint density at radius 3 is 2.83 bits per heavy atom. The molecule has 1 fully saturated rings. The first kappa shape index (κ1) is 17.2. The van der Waals surface area contributed by atoms with E-state index in [1.807, 2.05) is 41.3 Å². The van der Waals surface area contributed by atoms with E-state index in [0.717, 1.165) is 22.0 Å². The Kier molecular flexibility index (Phi) is 5.36. The second-order valence-corrected chi connectivity index (χ2v) is 7.29. The van der Waals surface area contributed by atoms with Crippen molar-refractivity contribution in [2.24, 2.45) is 5.92 Å². The minimum Gasteiger partial charge on any atom is -0.373 e. The zero-order valence-electron chi connectivity index (χ0n) is 13.9. The molecule has 0 aliphatic carbocycles. The summed E-state index contributed by atoms with van der Waals surface area (Å²) in [5.41, 5.74) is 2.06. The van der Waals surface area contributed by atoms with Gasteiger partial charge in [0.2, 0.25) is 5.91 Å². The lowest BCUT2D eigenvalue weighted by atomic mass is 9.96. The molecule has 0 spiro atoms. The van der Waals surface area contributed by atoms with Crippen molar-refractivity contribution in [3.05, 3.63) is 52.3 Å². The lowest BCUT2D eigenvalue weighted by Crippen LogP contribution is -2.31. The molecule has 24 heavy (non-hydrogen) atoms. The lowest BCUT2D eigenvalue weighted by Gasteiger charge is -2.17. The van der Waals surface area contributed by atoms with E-state index < -0.39 is 0 Å². The number of benzene rings is 1. The largest absolute Gasteiger partial charge is 0.373 e. The molecular formula is C18H22BrN3O2. The number of carbonyl (C=O) groups is 1. The van der Waals surface area contributed by atoms with E-state index in [9.17, 15) is 4.79 Å². The van der Waals surface area contributed by atoms with Gasteiger partial charge < -0.3 is 10.1 Å². The standard InChI is InChI=1S/C18H22BrN3O2/c1-12(2)22-11-14(10-21-22)17-16(7-8-24-17)18(23)20-9-13-3-5-15(19)6-4-13/h3-6,10-12,16-17H,7-9H2,1-2H3,(H,20,23)/t16-,17+/m0/s1. The van der Waals surface area contributed by atoms with E-state index in [4.69, 9.17) is 4.74 Å². The summed E-state index contributed by atoms with van der Waals surface area (Å²) in [6.45, 7) is 5.29. The van der Waals surface area contributed by atoms with E-state index in [1.54, 1.807) is 0 Å². The molecule has 5 nitrogen and oxygen atoms in total. The van der Waals surface area contributed by atoms with Crippen molar-refractivity contribution in [3.8, 4) is 0 Å². The van der Waals surface area contributed by atoms with Crippen molar-refractivity contribution in [3.63, 3.8) is 0 Å². The summed E-state index contributed by atoms with van der Waals surface area (Å²) in [4.78, 5) is 12.6. The van der Waals surface area contributed by atoms with Crippen LogP contribution in [0.25, 0.3) is 0 Å². The maximum atomic E-state index is 12.6. The highest BCUT2D eigenvalue weighted by Crippen LogP contribution is 2.34. The van der Waals surface area contributed by atoms with Gasteiger partial charge in [0.1, 0.15) is 0 Å². The van der Waals surface area contributed by atoms with Gasteiger partial charge in [-0.05, 0) is 38.0 Å². The third kappa shape index (κ3) is 3.87. The Morgan fingerprint density at radius 2 is 2.17 bits per heavy atom. The Labute approximate surface area is 150 Å². The SMILES string of the molecule is CC(C)n1cc([C@H]2OCC[C@@H]2C(=O)NCc2ccc(Br)cc2)cn1. The third-order valence-electron chi connectivity index (χ3n) is 4.29. The number of nitrogens with zero attached hydrogens (tertiary/aromatic N) is 2. The van der Waals surface area contributed by atoms with Gasteiger partial charge in [-0.25, -0.2) is 0 Å². The average molecular weight is 392 g/mol. The molecule has 1 aromatic heterocycles. The first-order valence-electron chi connectivity index (χ1n) is 8.22. The summed E-state index contributed by atoms with van der Waals surface area (Å²) < 4.78 is 8.74. The van der Waals surface area contributed by atoms with Gasteiger partial charge in [0.05, 0.1) is 18.2 Å². The van der Waals surface area contributed by atoms with Gasteiger partial charge in [-0.2, -0.15) is 5.10 Å². The molecule has 0 saturated carbocycles. The number of nitrogens with one attached hydrogen (secondary N) is 1. The van der Waals surface area contributed by atoms with E-state index in [0.29, 0.717) is 19.2 Å². The molecule has 0 radical (unpaired) electrons. The smallest absolute Gasteiger partial charge is 0.226 e. The second-order valence-electron chi connectivity index (χ2n) is 6.38. The number of hydrogen-bond donors (Lipinski definition) is 1. The first-order chi connectivity index (χ1) is 11.5. The van der Waals surface area contributed by atoms with Gasteiger partial charge in [0.15, 0.2) is 0 Å². The van der Waals surface area contributed by atoms with Crippen molar-refractivity contribution in [1.29, 1.82) is 0 Å². The van der Waals surface area contributed by atoms with Gasteiger partial charge in [0.25, 0.3) is 0 Å². The van der Waals surface area contributed by atoms with Crippen LogP contribution in [-0.2, 0) is 16.1 Å². The quantitative estimate of drug-likeness (QED) is 0.846. The van der Waals surface area contributed by atoms with Gasteiger partial charge >= 0.3 is 0 Å². The zero-order chi connectivity index (χ0) is 17.1. The molecule has 2 heterocycles. The number of carbonyl (C=O) groups excluding carboxylic acids is 1. The van der Waals surface area contributed by atoms with Crippen molar-refractivity contribution >= 4 is 21.8 Å². The van der Waals surface area contributed by atoms with Crippen molar-refractivity contribution in [2.75, 3.05) is 6.61 Å². The van der Waals surface area contributed by atoms with Gasteiger partial charge in [0, 0.05) is 35.4 Å². The third-order valence-corrected chi connectivity index (χ3v) is 4.82.